The molecule has 0 spiro atoms. The van der Waals surface area contributed by atoms with E-state index < -0.39 is 0 Å². The Morgan fingerprint density at radius 2 is 2.00 bits per heavy atom. The van der Waals surface area contributed by atoms with E-state index >= 15 is 0 Å². The van der Waals surface area contributed by atoms with Crippen molar-refractivity contribution in [3.8, 4) is 11.5 Å². The maximum absolute atomic E-state index is 5.55. The molecule has 1 fully saturated rings. The maximum atomic E-state index is 5.55. The standard InChI is InChI=1S/C16H25NO2/c1-11(2)15-10-17-8-7-13(15)14-9-12(18-3)5-6-16(14)19-4/h5-6,9,11,13,15,17H,7-8,10H2,1-4H3. The summed E-state index contributed by atoms with van der Waals surface area (Å²) < 4.78 is 10.9. The predicted molar refractivity (Wildman–Crippen MR) is 78.1 cm³/mol. The lowest BCUT2D eigenvalue weighted by Crippen LogP contribution is -2.38. The highest BCUT2D eigenvalue weighted by Crippen LogP contribution is 2.40. The van der Waals surface area contributed by atoms with Crippen LogP contribution in [0, 0.1) is 11.8 Å². The van der Waals surface area contributed by atoms with Gasteiger partial charge in [-0.1, -0.05) is 13.8 Å². The van der Waals surface area contributed by atoms with Crippen molar-refractivity contribution in [2.24, 2.45) is 11.8 Å². The Bertz CT molecular complexity index is 417. The highest BCUT2D eigenvalue weighted by atomic mass is 16.5. The van der Waals surface area contributed by atoms with Crippen LogP contribution in [0.2, 0.25) is 0 Å². The van der Waals surface area contributed by atoms with Crippen LogP contribution >= 0.6 is 0 Å². The summed E-state index contributed by atoms with van der Waals surface area (Å²) in [5.74, 6) is 3.75. The van der Waals surface area contributed by atoms with Gasteiger partial charge >= 0.3 is 0 Å². The van der Waals surface area contributed by atoms with E-state index in [1.54, 1.807) is 14.2 Å². The predicted octanol–water partition coefficient (Wildman–Crippen LogP) is 3.05. The molecule has 0 aromatic heterocycles. The van der Waals surface area contributed by atoms with E-state index in [1.807, 2.05) is 12.1 Å². The summed E-state index contributed by atoms with van der Waals surface area (Å²) in [6, 6.07) is 6.13. The topological polar surface area (TPSA) is 30.5 Å². The molecule has 0 saturated carbocycles. The molecule has 1 heterocycles. The summed E-state index contributed by atoms with van der Waals surface area (Å²) in [7, 11) is 3.46. The summed E-state index contributed by atoms with van der Waals surface area (Å²) in [4.78, 5) is 0. The molecule has 0 aliphatic carbocycles. The Labute approximate surface area is 116 Å². The van der Waals surface area contributed by atoms with E-state index in [2.05, 4.69) is 25.2 Å². The molecule has 1 aromatic rings. The average Bonchev–Trinajstić information content (AvgIpc) is 2.46. The first kappa shape index (κ1) is 14.2. The molecule has 106 valence electrons. The third-order valence-corrected chi connectivity index (χ3v) is 4.22. The number of nitrogens with one attached hydrogen (secondary N) is 1. The van der Waals surface area contributed by atoms with Gasteiger partial charge in [0.25, 0.3) is 0 Å². The zero-order valence-corrected chi connectivity index (χ0v) is 12.4. The van der Waals surface area contributed by atoms with Gasteiger partial charge in [-0.15, -0.1) is 0 Å². The van der Waals surface area contributed by atoms with E-state index in [9.17, 15) is 0 Å². The molecule has 19 heavy (non-hydrogen) atoms. The van der Waals surface area contributed by atoms with Crippen molar-refractivity contribution in [3.05, 3.63) is 23.8 Å². The summed E-state index contributed by atoms with van der Waals surface area (Å²) in [6.45, 7) is 6.77. The van der Waals surface area contributed by atoms with Crippen molar-refractivity contribution in [1.82, 2.24) is 5.32 Å². The van der Waals surface area contributed by atoms with Crippen LogP contribution in [0.3, 0.4) is 0 Å². The Morgan fingerprint density at radius 3 is 2.63 bits per heavy atom. The normalized spacial score (nSPS) is 23.4. The monoisotopic (exact) mass is 263 g/mol. The third-order valence-electron chi connectivity index (χ3n) is 4.22. The fourth-order valence-corrected chi connectivity index (χ4v) is 3.10. The van der Waals surface area contributed by atoms with Gasteiger partial charge in [0, 0.05) is 5.56 Å². The molecule has 1 aromatic carbocycles. The van der Waals surface area contributed by atoms with Crippen LogP contribution in [-0.2, 0) is 0 Å². The molecular weight excluding hydrogens is 238 g/mol. The summed E-state index contributed by atoms with van der Waals surface area (Å²) in [5, 5.41) is 3.51. The molecule has 2 unspecified atom stereocenters. The molecule has 1 aliphatic heterocycles. The minimum atomic E-state index is 0.548. The number of hydrogen-bond donors (Lipinski definition) is 1. The van der Waals surface area contributed by atoms with E-state index in [4.69, 9.17) is 9.47 Å². The van der Waals surface area contributed by atoms with Crippen LogP contribution in [0.25, 0.3) is 0 Å². The minimum absolute atomic E-state index is 0.548. The molecule has 1 saturated heterocycles. The van der Waals surface area contributed by atoms with Gasteiger partial charge < -0.3 is 14.8 Å². The lowest BCUT2D eigenvalue weighted by atomic mass is 9.75. The Morgan fingerprint density at radius 1 is 1.21 bits per heavy atom. The molecule has 3 nitrogen and oxygen atoms in total. The zero-order chi connectivity index (χ0) is 13.8. The van der Waals surface area contributed by atoms with Crippen molar-refractivity contribution in [3.63, 3.8) is 0 Å². The fourth-order valence-electron chi connectivity index (χ4n) is 3.10. The van der Waals surface area contributed by atoms with Crippen LogP contribution in [0.4, 0.5) is 0 Å². The number of benzene rings is 1. The summed E-state index contributed by atoms with van der Waals surface area (Å²) in [6.07, 6.45) is 1.16. The minimum Gasteiger partial charge on any atom is -0.497 e. The average molecular weight is 263 g/mol. The smallest absolute Gasteiger partial charge is 0.122 e. The second-order valence-electron chi connectivity index (χ2n) is 5.62. The van der Waals surface area contributed by atoms with E-state index in [0.717, 1.165) is 31.0 Å². The first-order chi connectivity index (χ1) is 9.17. The van der Waals surface area contributed by atoms with Crippen LogP contribution < -0.4 is 14.8 Å². The van der Waals surface area contributed by atoms with Crippen molar-refractivity contribution in [2.45, 2.75) is 26.2 Å². The fraction of sp³-hybridized carbons (Fsp3) is 0.625. The molecule has 1 N–H and O–H groups in total. The van der Waals surface area contributed by atoms with Crippen molar-refractivity contribution in [1.29, 1.82) is 0 Å². The van der Waals surface area contributed by atoms with Crippen LogP contribution in [-0.4, -0.2) is 27.3 Å². The second-order valence-corrected chi connectivity index (χ2v) is 5.62. The van der Waals surface area contributed by atoms with Crippen LogP contribution in [0.5, 0.6) is 11.5 Å². The van der Waals surface area contributed by atoms with E-state index in [-0.39, 0.29) is 0 Å². The van der Waals surface area contributed by atoms with Crippen molar-refractivity contribution < 1.29 is 9.47 Å². The number of methoxy groups -OCH3 is 2. The summed E-state index contributed by atoms with van der Waals surface area (Å²) in [5.41, 5.74) is 1.29. The van der Waals surface area contributed by atoms with Gasteiger partial charge in [-0.25, -0.2) is 0 Å². The van der Waals surface area contributed by atoms with Gasteiger partial charge in [-0.3, -0.25) is 0 Å². The van der Waals surface area contributed by atoms with Crippen molar-refractivity contribution in [2.75, 3.05) is 27.3 Å². The zero-order valence-electron chi connectivity index (χ0n) is 12.4. The quantitative estimate of drug-likeness (QED) is 0.905. The summed E-state index contributed by atoms with van der Waals surface area (Å²) >= 11 is 0. The Balaban J connectivity index is 2.36. The molecule has 2 atom stereocenters. The molecule has 2 rings (SSSR count). The van der Waals surface area contributed by atoms with Gasteiger partial charge in [0.1, 0.15) is 11.5 Å². The largest absolute Gasteiger partial charge is 0.497 e. The van der Waals surface area contributed by atoms with Crippen LogP contribution in [0.15, 0.2) is 18.2 Å². The molecular formula is C16H25NO2. The molecule has 0 amide bonds. The van der Waals surface area contributed by atoms with Gasteiger partial charge in [0.15, 0.2) is 0 Å². The highest BCUT2D eigenvalue weighted by Gasteiger charge is 2.30. The van der Waals surface area contributed by atoms with Gasteiger partial charge in [-0.2, -0.15) is 0 Å². The Kier molecular flexibility index (Phi) is 4.70. The SMILES string of the molecule is COc1ccc(OC)c(C2CCNCC2C(C)C)c1. The molecule has 0 radical (unpaired) electrons. The van der Waals surface area contributed by atoms with Gasteiger partial charge in [-0.05, 0) is 55.5 Å². The molecule has 1 aliphatic rings. The number of rotatable bonds is 4. The highest BCUT2D eigenvalue weighted by molar-refractivity contribution is 5.43. The van der Waals surface area contributed by atoms with E-state index in [1.165, 1.54) is 5.56 Å². The molecule has 0 bridgehead atoms. The lowest BCUT2D eigenvalue weighted by molar-refractivity contribution is 0.249. The maximum Gasteiger partial charge on any atom is 0.122 e. The van der Waals surface area contributed by atoms with Gasteiger partial charge in [0.05, 0.1) is 14.2 Å². The van der Waals surface area contributed by atoms with Crippen molar-refractivity contribution >= 4 is 0 Å². The Hall–Kier alpha value is -1.22. The van der Waals surface area contributed by atoms with Crippen LogP contribution in [0.1, 0.15) is 31.7 Å². The number of ether oxygens (including phenoxy) is 2. The number of piperidine rings is 1. The molecule has 3 heteroatoms. The van der Waals surface area contributed by atoms with E-state index in [0.29, 0.717) is 17.8 Å². The second kappa shape index (κ2) is 6.29. The first-order valence-electron chi connectivity index (χ1n) is 7.10. The number of hydrogen-bond acceptors (Lipinski definition) is 3. The third kappa shape index (κ3) is 3.03. The first-order valence-corrected chi connectivity index (χ1v) is 7.10. The lowest BCUT2D eigenvalue weighted by Gasteiger charge is -2.36. The van der Waals surface area contributed by atoms with Gasteiger partial charge in [0.2, 0.25) is 0 Å².